The minimum Gasteiger partial charge on any atom is -0.366 e. The molecule has 4 nitrogen and oxygen atoms in total. The van der Waals surface area contributed by atoms with Crippen molar-refractivity contribution in [2.75, 3.05) is 6.61 Å². The van der Waals surface area contributed by atoms with Gasteiger partial charge in [0.1, 0.15) is 0 Å². The van der Waals surface area contributed by atoms with Crippen molar-refractivity contribution in [1.29, 1.82) is 0 Å². The van der Waals surface area contributed by atoms with Crippen LogP contribution in [0.3, 0.4) is 0 Å². The van der Waals surface area contributed by atoms with Crippen LogP contribution in [0.4, 0.5) is 0 Å². The lowest BCUT2D eigenvalue weighted by molar-refractivity contribution is 0.0972. The Morgan fingerprint density at radius 3 is 2.40 bits per heavy atom. The number of ether oxygens (including phenoxy) is 1. The van der Waals surface area contributed by atoms with Crippen molar-refractivity contribution in [2.45, 2.75) is 31.0 Å². The van der Waals surface area contributed by atoms with E-state index in [0.717, 1.165) is 5.56 Å². The van der Waals surface area contributed by atoms with Gasteiger partial charge in [0.05, 0.1) is 23.7 Å². The van der Waals surface area contributed by atoms with E-state index in [0.29, 0.717) is 5.92 Å². The van der Waals surface area contributed by atoms with Gasteiger partial charge in [-0.25, -0.2) is 0 Å². The first kappa shape index (κ1) is 13.8. The van der Waals surface area contributed by atoms with Gasteiger partial charge in [-0.3, -0.25) is 4.18 Å². The van der Waals surface area contributed by atoms with Crippen molar-refractivity contribution in [1.82, 2.24) is 0 Å². The molecule has 0 radical (unpaired) electrons. The van der Waals surface area contributed by atoms with E-state index in [1.165, 1.54) is 0 Å². The van der Waals surface area contributed by atoms with Crippen LogP contribution < -0.4 is 0 Å². The standard InChI is InChI=1S/C15H18O4S/c1-10-3-5-12(6-4-10)20(16,17)18-9-13-11(2)14-7-8-15(13)19-14/h3-8,11,13-15H,9H2,1-2H3/t11-,13+,14+,15-/m0/s1. The lowest BCUT2D eigenvalue weighted by atomic mass is 9.85. The van der Waals surface area contributed by atoms with Crippen LogP contribution in [0.1, 0.15) is 12.5 Å². The van der Waals surface area contributed by atoms with Crippen molar-refractivity contribution < 1.29 is 17.3 Å². The molecule has 0 aliphatic carbocycles. The second-order valence-electron chi connectivity index (χ2n) is 5.52. The Labute approximate surface area is 119 Å². The van der Waals surface area contributed by atoms with Gasteiger partial charge in [0.25, 0.3) is 10.1 Å². The van der Waals surface area contributed by atoms with Gasteiger partial charge in [-0.15, -0.1) is 0 Å². The van der Waals surface area contributed by atoms with Gasteiger partial charge in [0, 0.05) is 5.92 Å². The summed E-state index contributed by atoms with van der Waals surface area (Å²) in [6.07, 6.45) is 4.14. The molecule has 0 spiro atoms. The topological polar surface area (TPSA) is 52.6 Å². The Hall–Kier alpha value is -1.17. The molecule has 2 bridgehead atoms. The summed E-state index contributed by atoms with van der Waals surface area (Å²) in [6.45, 7) is 4.15. The molecule has 0 saturated carbocycles. The van der Waals surface area contributed by atoms with Gasteiger partial charge in [-0.05, 0) is 25.0 Å². The number of hydrogen-bond acceptors (Lipinski definition) is 4. The minimum absolute atomic E-state index is 0.0109. The molecule has 1 aromatic carbocycles. The summed E-state index contributed by atoms with van der Waals surface area (Å²) in [5.74, 6) is 0.392. The zero-order valence-electron chi connectivity index (χ0n) is 11.5. The van der Waals surface area contributed by atoms with E-state index in [-0.39, 0.29) is 29.6 Å². The van der Waals surface area contributed by atoms with Crippen LogP contribution in [0, 0.1) is 18.8 Å². The van der Waals surface area contributed by atoms with E-state index in [1.807, 2.05) is 19.1 Å². The summed E-state index contributed by atoms with van der Waals surface area (Å²) in [5.41, 5.74) is 1.02. The fraction of sp³-hybridized carbons (Fsp3) is 0.467. The average molecular weight is 294 g/mol. The van der Waals surface area contributed by atoms with Crippen molar-refractivity contribution in [2.24, 2.45) is 11.8 Å². The van der Waals surface area contributed by atoms with Gasteiger partial charge < -0.3 is 4.74 Å². The van der Waals surface area contributed by atoms with Gasteiger partial charge in [-0.1, -0.05) is 36.8 Å². The lowest BCUT2D eigenvalue weighted by Gasteiger charge is -2.21. The molecule has 1 aromatic rings. The van der Waals surface area contributed by atoms with E-state index in [1.54, 1.807) is 24.3 Å². The van der Waals surface area contributed by atoms with Crippen molar-refractivity contribution in [3.63, 3.8) is 0 Å². The predicted molar refractivity (Wildman–Crippen MR) is 74.8 cm³/mol. The smallest absolute Gasteiger partial charge is 0.296 e. The summed E-state index contributed by atoms with van der Waals surface area (Å²) in [4.78, 5) is 0.204. The fourth-order valence-corrected chi connectivity index (χ4v) is 3.71. The minimum atomic E-state index is -3.68. The number of aryl methyl sites for hydroxylation is 1. The highest BCUT2D eigenvalue weighted by atomic mass is 32.2. The van der Waals surface area contributed by atoms with Crippen LogP contribution >= 0.6 is 0 Å². The third-order valence-electron chi connectivity index (χ3n) is 4.15. The second-order valence-corrected chi connectivity index (χ2v) is 7.14. The molecule has 0 unspecified atom stereocenters. The molecule has 4 atom stereocenters. The third kappa shape index (κ3) is 2.41. The monoisotopic (exact) mass is 294 g/mol. The van der Waals surface area contributed by atoms with Crippen LogP contribution in [-0.2, 0) is 19.0 Å². The van der Waals surface area contributed by atoms with Crippen LogP contribution in [0.25, 0.3) is 0 Å². The lowest BCUT2D eigenvalue weighted by Crippen LogP contribution is -2.27. The molecule has 5 heteroatoms. The first-order chi connectivity index (χ1) is 9.47. The third-order valence-corrected chi connectivity index (χ3v) is 5.44. The van der Waals surface area contributed by atoms with Crippen LogP contribution in [-0.4, -0.2) is 27.2 Å². The zero-order valence-corrected chi connectivity index (χ0v) is 12.3. The highest BCUT2D eigenvalue weighted by molar-refractivity contribution is 7.86. The summed E-state index contributed by atoms with van der Waals surface area (Å²) in [7, 11) is -3.68. The van der Waals surface area contributed by atoms with Gasteiger partial charge in [-0.2, -0.15) is 8.42 Å². The number of benzene rings is 1. The van der Waals surface area contributed by atoms with Crippen LogP contribution in [0.5, 0.6) is 0 Å². The zero-order chi connectivity index (χ0) is 14.3. The second kappa shape index (κ2) is 4.98. The molecular formula is C15H18O4S. The van der Waals surface area contributed by atoms with Gasteiger partial charge in [0.15, 0.2) is 0 Å². The maximum Gasteiger partial charge on any atom is 0.296 e. The van der Waals surface area contributed by atoms with Crippen LogP contribution in [0.2, 0.25) is 0 Å². The first-order valence-electron chi connectivity index (χ1n) is 6.77. The average Bonchev–Trinajstić information content (AvgIpc) is 2.98. The fourth-order valence-electron chi connectivity index (χ4n) is 2.76. The quantitative estimate of drug-likeness (QED) is 0.631. The molecular weight excluding hydrogens is 276 g/mol. The first-order valence-corrected chi connectivity index (χ1v) is 8.18. The molecule has 0 aromatic heterocycles. The summed E-state index contributed by atoms with van der Waals surface area (Å²) < 4.78 is 35.2. The molecule has 3 rings (SSSR count). The molecule has 2 heterocycles. The SMILES string of the molecule is Cc1ccc(S(=O)(=O)OC[C@@H]2[C@H](C)[C@H]3C=C[C@@H]2O3)cc1. The Morgan fingerprint density at radius 2 is 1.80 bits per heavy atom. The predicted octanol–water partition coefficient (Wildman–Crippen LogP) is 2.29. The number of fused-ring (bicyclic) bond motifs is 2. The number of hydrogen-bond donors (Lipinski definition) is 0. The molecule has 20 heavy (non-hydrogen) atoms. The maximum atomic E-state index is 12.1. The van der Waals surface area contributed by atoms with Crippen molar-refractivity contribution in [3.05, 3.63) is 42.0 Å². The molecule has 0 N–H and O–H groups in total. The van der Waals surface area contributed by atoms with Gasteiger partial charge >= 0.3 is 0 Å². The number of rotatable bonds is 4. The molecule has 2 aliphatic heterocycles. The molecule has 0 amide bonds. The molecule has 2 aliphatic rings. The Morgan fingerprint density at radius 1 is 1.15 bits per heavy atom. The van der Waals surface area contributed by atoms with E-state index >= 15 is 0 Å². The Bertz CT molecular complexity index is 618. The largest absolute Gasteiger partial charge is 0.366 e. The molecule has 108 valence electrons. The summed E-state index contributed by atoms with van der Waals surface area (Å²) in [6, 6.07) is 6.68. The Kier molecular flexibility index (Phi) is 3.44. The normalized spacial score (nSPS) is 31.9. The van der Waals surface area contributed by atoms with Crippen molar-refractivity contribution >= 4 is 10.1 Å². The summed E-state index contributed by atoms with van der Waals surface area (Å²) >= 11 is 0. The van der Waals surface area contributed by atoms with E-state index in [4.69, 9.17) is 8.92 Å². The van der Waals surface area contributed by atoms with Crippen LogP contribution in [0.15, 0.2) is 41.3 Å². The highest BCUT2D eigenvalue weighted by Gasteiger charge is 2.43. The van der Waals surface area contributed by atoms with Gasteiger partial charge in [0.2, 0.25) is 0 Å². The van der Waals surface area contributed by atoms with E-state index in [2.05, 4.69) is 6.92 Å². The maximum absolute atomic E-state index is 12.1. The van der Waals surface area contributed by atoms with E-state index in [9.17, 15) is 8.42 Å². The summed E-state index contributed by atoms with van der Waals surface area (Å²) in [5, 5.41) is 0. The van der Waals surface area contributed by atoms with E-state index < -0.39 is 10.1 Å². The Balaban J connectivity index is 1.69. The van der Waals surface area contributed by atoms with Crippen molar-refractivity contribution in [3.8, 4) is 0 Å². The molecule has 1 saturated heterocycles. The molecule has 1 fully saturated rings. The highest BCUT2D eigenvalue weighted by Crippen LogP contribution is 2.39.